The Hall–Kier alpha value is -2.45. The fourth-order valence-corrected chi connectivity index (χ4v) is 3.28. The number of halogens is 1. The van der Waals surface area contributed by atoms with Gasteiger partial charge in [0.05, 0.1) is 18.7 Å². The number of carbonyl (C=O) groups is 1. The number of carbonyl (C=O) groups excluding carboxylic acids is 1. The third kappa shape index (κ3) is 4.69. The lowest BCUT2D eigenvalue weighted by atomic mass is 10.1. The second kappa shape index (κ2) is 9.16. The predicted octanol–water partition coefficient (Wildman–Crippen LogP) is 2.23. The molecule has 1 amide bonds. The summed E-state index contributed by atoms with van der Waals surface area (Å²) in [6.45, 7) is 6.30. The molecular formula is C20H27FN4O3. The zero-order chi connectivity index (χ0) is 20.1. The first-order valence-corrected chi connectivity index (χ1v) is 9.42. The van der Waals surface area contributed by atoms with Gasteiger partial charge < -0.3 is 24.0 Å². The number of likely N-dealkylation sites (N-methyl/N-ethyl adjacent to an activating group) is 1. The highest BCUT2D eigenvalue weighted by Crippen LogP contribution is 2.33. The quantitative estimate of drug-likeness (QED) is 0.723. The first-order valence-electron chi connectivity index (χ1n) is 9.42. The molecule has 152 valence electrons. The van der Waals surface area contributed by atoms with Gasteiger partial charge in [-0.1, -0.05) is 5.16 Å². The minimum absolute atomic E-state index is 0.0485. The smallest absolute Gasteiger partial charge is 0.232 e. The molecule has 0 bridgehead atoms. The van der Waals surface area contributed by atoms with Crippen LogP contribution in [-0.2, 0) is 16.1 Å². The Bertz CT molecular complexity index is 785. The summed E-state index contributed by atoms with van der Waals surface area (Å²) in [5.41, 5.74) is 2.23. The molecule has 2 heterocycles. The van der Waals surface area contributed by atoms with E-state index in [-0.39, 0.29) is 11.7 Å². The van der Waals surface area contributed by atoms with Gasteiger partial charge in [-0.25, -0.2) is 4.39 Å². The Labute approximate surface area is 164 Å². The predicted molar refractivity (Wildman–Crippen MR) is 105 cm³/mol. The van der Waals surface area contributed by atoms with Gasteiger partial charge in [0.25, 0.3) is 0 Å². The van der Waals surface area contributed by atoms with Crippen molar-refractivity contribution >= 4 is 11.8 Å². The van der Waals surface area contributed by atoms with E-state index in [2.05, 4.69) is 22.0 Å². The summed E-state index contributed by atoms with van der Waals surface area (Å²) in [5.74, 6) is 0.322. The molecule has 1 fully saturated rings. The normalized spacial score (nSPS) is 15.1. The van der Waals surface area contributed by atoms with E-state index in [1.807, 2.05) is 0 Å². The SMILES string of the molecule is COCCN(Cc1c(-c2ccc(F)cc2)noc1N1CCN(C)CC1)C(C)=O. The lowest BCUT2D eigenvalue weighted by molar-refractivity contribution is -0.130. The van der Waals surface area contributed by atoms with Crippen LogP contribution in [0.3, 0.4) is 0 Å². The number of nitrogens with zero attached hydrogens (tertiary/aromatic N) is 4. The van der Waals surface area contributed by atoms with Crippen molar-refractivity contribution in [2.75, 3.05) is 58.4 Å². The molecule has 0 saturated carbocycles. The van der Waals surface area contributed by atoms with Crippen LogP contribution in [0.2, 0.25) is 0 Å². The summed E-state index contributed by atoms with van der Waals surface area (Å²) >= 11 is 0. The van der Waals surface area contributed by atoms with Crippen LogP contribution in [0.5, 0.6) is 0 Å². The lowest BCUT2D eigenvalue weighted by Gasteiger charge is -2.32. The molecule has 1 aromatic heterocycles. The van der Waals surface area contributed by atoms with Gasteiger partial charge in [0.2, 0.25) is 11.8 Å². The Morgan fingerprint density at radius 2 is 1.93 bits per heavy atom. The van der Waals surface area contributed by atoms with Gasteiger partial charge in [-0.2, -0.15) is 0 Å². The van der Waals surface area contributed by atoms with E-state index in [4.69, 9.17) is 9.26 Å². The van der Waals surface area contributed by atoms with Gasteiger partial charge in [0.1, 0.15) is 11.5 Å². The van der Waals surface area contributed by atoms with E-state index in [1.54, 1.807) is 24.1 Å². The molecule has 8 heteroatoms. The summed E-state index contributed by atoms with van der Waals surface area (Å²) in [6.07, 6.45) is 0. The first-order chi connectivity index (χ1) is 13.5. The molecule has 7 nitrogen and oxygen atoms in total. The van der Waals surface area contributed by atoms with Gasteiger partial charge in [0.15, 0.2) is 0 Å². The van der Waals surface area contributed by atoms with Crippen molar-refractivity contribution < 1.29 is 18.4 Å². The molecule has 1 aliphatic heterocycles. The Morgan fingerprint density at radius 3 is 2.54 bits per heavy atom. The molecule has 0 spiro atoms. The Balaban J connectivity index is 1.95. The average molecular weight is 390 g/mol. The van der Waals surface area contributed by atoms with Gasteiger partial charge in [-0.15, -0.1) is 0 Å². The number of hydrogen-bond acceptors (Lipinski definition) is 6. The highest BCUT2D eigenvalue weighted by atomic mass is 19.1. The van der Waals surface area contributed by atoms with Gasteiger partial charge in [-0.05, 0) is 31.3 Å². The van der Waals surface area contributed by atoms with Crippen LogP contribution < -0.4 is 4.90 Å². The molecule has 0 atom stereocenters. The number of amides is 1. The van der Waals surface area contributed by atoms with Crippen molar-refractivity contribution in [2.24, 2.45) is 0 Å². The van der Waals surface area contributed by atoms with Crippen molar-refractivity contribution in [2.45, 2.75) is 13.5 Å². The first kappa shape index (κ1) is 20.3. The fraction of sp³-hybridized carbons (Fsp3) is 0.500. The van der Waals surface area contributed by atoms with Crippen LogP contribution in [0.4, 0.5) is 10.3 Å². The molecule has 28 heavy (non-hydrogen) atoms. The molecule has 0 N–H and O–H groups in total. The minimum atomic E-state index is -0.307. The zero-order valence-corrected chi connectivity index (χ0v) is 16.7. The third-order valence-corrected chi connectivity index (χ3v) is 5.04. The molecule has 0 radical (unpaired) electrons. The monoisotopic (exact) mass is 390 g/mol. The molecule has 2 aromatic rings. The minimum Gasteiger partial charge on any atom is -0.383 e. The summed E-state index contributed by atoms with van der Waals surface area (Å²) in [6, 6.07) is 6.16. The summed E-state index contributed by atoms with van der Waals surface area (Å²) in [7, 11) is 3.70. The van der Waals surface area contributed by atoms with E-state index in [9.17, 15) is 9.18 Å². The van der Waals surface area contributed by atoms with Gasteiger partial charge in [0, 0.05) is 52.3 Å². The van der Waals surface area contributed by atoms with Gasteiger partial charge >= 0.3 is 0 Å². The highest BCUT2D eigenvalue weighted by Gasteiger charge is 2.27. The standard InChI is InChI=1S/C20H27FN4O3/c1-15(26)25(12-13-27-3)14-18-19(16-4-6-17(21)7-5-16)22-28-20(18)24-10-8-23(2)9-11-24/h4-7H,8-14H2,1-3H3. The van der Waals surface area contributed by atoms with Crippen LogP contribution in [0, 0.1) is 5.82 Å². The van der Waals surface area contributed by atoms with Gasteiger partial charge in [-0.3, -0.25) is 4.79 Å². The molecule has 0 aliphatic carbocycles. The van der Waals surface area contributed by atoms with E-state index in [0.717, 1.165) is 37.3 Å². The second-order valence-electron chi connectivity index (χ2n) is 7.05. The maximum absolute atomic E-state index is 13.4. The van der Waals surface area contributed by atoms with Crippen molar-refractivity contribution in [1.29, 1.82) is 0 Å². The number of aromatic nitrogens is 1. The molecule has 1 aromatic carbocycles. The van der Waals surface area contributed by atoms with E-state index in [0.29, 0.717) is 31.3 Å². The van der Waals surface area contributed by atoms with Crippen molar-refractivity contribution in [3.8, 4) is 11.3 Å². The lowest BCUT2D eigenvalue weighted by Crippen LogP contribution is -2.45. The van der Waals surface area contributed by atoms with Crippen molar-refractivity contribution in [3.05, 3.63) is 35.6 Å². The fourth-order valence-electron chi connectivity index (χ4n) is 3.28. The Morgan fingerprint density at radius 1 is 1.25 bits per heavy atom. The summed E-state index contributed by atoms with van der Waals surface area (Å²) in [5, 5.41) is 4.28. The van der Waals surface area contributed by atoms with Crippen molar-refractivity contribution in [3.63, 3.8) is 0 Å². The molecule has 0 unspecified atom stereocenters. The number of ether oxygens (including phenoxy) is 1. The molecule has 1 saturated heterocycles. The van der Waals surface area contributed by atoms with Crippen LogP contribution >= 0.6 is 0 Å². The molecular weight excluding hydrogens is 363 g/mol. The third-order valence-electron chi connectivity index (χ3n) is 5.04. The number of hydrogen-bond donors (Lipinski definition) is 0. The topological polar surface area (TPSA) is 62.1 Å². The number of rotatable bonds is 7. The van der Waals surface area contributed by atoms with Crippen LogP contribution in [0.25, 0.3) is 11.3 Å². The molecule has 1 aliphatic rings. The number of methoxy groups -OCH3 is 1. The zero-order valence-electron chi connectivity index (χ0n) is 16.7. The number of benzene rings is 1. The summed E-state index contributed by atoms with van der Waals surface area (Å²) in [4.78, 5) is 18.3. The highest BCUT2D eigenvalue weighted by molar-refractivity contribution is 5.75. The second-order valence-corrected chi connectivity index (χ2v) is 7.05. The van der Waals surface area contributed by atoms with Crippen LogP contribution in [0.15, 0.2) is 28.8 Å². The van der Waals surface area contributed by atoms with E-state index >= 15 is 0 Å². The summed E-state index contributed by atoms with van der Waals surface area (Å²) < 4.78 is 24.2. The number of piperazine rings is 1. The van der Waals surface area contributed by atoms with Crippen LogP contribution in [0.1, 0.15) is 12.5 Å². The maximum Gasteiger partial charge on any atom is 0.232 e. The van der Waals surface area contributed by atoms with E-state index < -0.39 is 0 Å². The Kier molecular flexibility index (Phi) is 6.64. The molecule has 3 rings (SSSR count). The number of anilines is 1. The maximum atomic E-state index is 13.4. The van der Waals surface area contributed by atoms with Crippen molar-refractivity contribution in [1.82, 2.24) is 15.0 Å². The average Bonchev–Trinajstić information content (AvgIpc) is 3.09. The van der Waals surface area contributed by atoms with Crippen LogP contribution in [-0.4, -0.2) is 74.4 Å². The largest absolute Gasteiger partial charge is 0.383 e. The van der Waals surface area contributed by atoms with E-state index in [1.165, 1.54) is 19.1 Å².